The average molecular weight is 679 g/mol. The average Bonchev–Trinajstić information content (AvgIpc) is 3.52. The SMILES string of the molecule is CC(=O)N[C@@H](Cc1ccc(O)cc1)C(=O)N[C@H](Cc1ccccc1)C(=O)N1C[C@@H](OCc2ccc3ccccc3c2)C[C@@H]1CCCN=C(N)N. The van der Waals surface area contributed by atoms with Gasteiger partial charge < -0.3 is 36.8 Å². The van der Waals surface area contributed by atoms with Crippen molar-refractivity contribution in [3.63, 3.8) is 0 Å². The maximum absolute atomic E-state index is 14.5. The smallest absolute Gasteiger partial charge is 0.245 e. The second-order valence-corrected chi connectivity index (χ2v) is 12.8. The van der Waals surface area contributed by atoms with Gasteiger partial charge in [-0.05, 0) is 64.9 Å². The summed E-state index contributed by atoms with van der Waals surface area (Å²) < 4.78 is 6.41. The first-order valence-corrected chi connectivity index (χ1v) is 17.0. The Morgan fingerprint density at radius 2 is 1.52 bits per heavy atom. The number of hydrogen-bond acceptors (Lipinski definition) is 6. The predicted octanol–water partition coefficient (Wildman–Crippen LogP) is 3.56. The first kappa shape index (κ1) is 35.9. The number of nitrogens with two attached hydrogens (primary N) is 2. The Hall–Kier alpha value is -5.42. The molecule has 3 amide bonds. The summed E-state index contributed by atoms with van der Waals surface area (Å²) in [6.45, 7) is 2.55. The molecule has 0 unspecified atom stereocenters. The van der Waals surface area contributed by atoms with E-state index in [1.807, 2.05) is 47.4 Å². The van der Waals surface area contributed by atoms with Gasteiger partial charge >= 0.3 is 0 Å². The lowest BCUT2D eigenvalue weighted by Crippen LogP contribution is -2.56. The van der Waals surface area contributed by atoms with E-state index in [4.69, 9.17) is 16.2 Å². The normalized spacial score (nSPS) is 16.8. The fraction of sp³-hybridized carbons (Fsp3) is 0.333. The minimum atomic E-state index is -0.935. The van der Waals surface area contributed by atoms with Gasteiger partial charge in [0, 0.05) is 38.9 Å². The molecule has 0 aliphatic carbocycles. The second kappa shape index (κ2) is 17.3. The Kier molecular flexibility index (Phi) is 12.4. The number of nitrogens with zero attached hydrogens (tertiary/aromatic N) is 2. The number of likely N-dealkylation sites (tertiary alicyclic amines) is 1. The van der Waals surface area contributed by atoms with E-state index in [9.17, 15) is 19.5 Å². The van der Waals surface area contributed by atoms with E-state index < -0.39 is 18.0 Å². The zero-order valence-corrected chi connectivity index (χ0v) is 28.3. The van der Waals surface area contributed by atoms with Crippen molar-refractivity contribution >= 4 is 34.5 Å². The summed E-state index contributed by atoms with van der Waals surface area (Å²) in [6.07, 6.45) is 2.17. The maximum Gasteiger partial charge on any atom is 0.245 e. The number of aromatic hydroxyl groups is 1. The molecular formula is C39H46N6O5. The Morgan fingerprint density at radius 1 is 0.860 bits per heavy atom. The lowest BCUT2D eigenvalue weighted by Gasteiger charge is -2.30. The molecule has 11 heteroatoms. The van der Waals surface area contributed by atoms with Gasteiger partial charge in [-0.3, -0.25) is 19.4 Å². The van der Waals surface area contributed by atoms with E-state index in [-0.39, 0.29) is 48.5 Å². The lowest BCUT2D eigenvalue weighted by atomic mass is 10.0. The molecule has 5 rings (SSSR count). The van der Waals surface area contributed by atoms with Crippen LogP contribution in [-0.2, 0) is 38.6 Å². The number of nitrogens with one attached hydrogen (secondary N) is 2. The number of benzene rings is 4. The molecule has 4 aromatic rings. The summed E-state index contributed by atoms with van der Waals surface area (Å²) in [5, 5.41) is 17.7. The molecule has 262 valence electrons. The number of rotatable bonds is 15. The Labute approximate surface area is 292 Å². The van der Waals surface area contributed by atoms with Crippen LogP contribution in [0.15, 0.2) is 102 Å². The third-order valence-electron chi connectivity index (χ3n) is 8.92. The molecule has 1 aliphatic rings. The highest BCUT2D eigenvalue weighted by Crippen LogP contribution is 2.27. The highest BCUT2D eigenvalue weighted by Gasteiger charge is 2.39. The predicted molar refractivity (Wildman–Crippen MR) is 194 cm³/mol. The Bertz CT molecular complexity index is 1780. The van der Waals surface area contributed by atoms with Gasteiger partial charge in [0.15, 0.2) is 5.96 Å². The molecule has 1 fully saturated rings. The summed E-state index contributed by atoms with van der Waals surface area (Å²) in [5.41, 5.74) is 13.8. The Morgan fingerprint density at radius 3 is 2.24 bits per heavy atom. The summed E-state index contributed by atoms with van der Waals surface area (Å²) in [7, 11) is 0. The number of phenolic OH excluding ortho intramolecular Hbond substituents is 1. The van der Waals surface area contributed by atoms with Crippen molar-refractivity contribution in [2.24, 2.45) is 16.5 Å². The van der Waals surface area contributed by atoms with Gasteiger partial charge in [-0.25, -0.2) is 0 Å². The number of phenols is 1. The summed E-state index contributed by atoms with van der Waals surface area (Å²) in [5.74, 6) is -0.956. The van der Waals surface area contributed by atoms with Crippen molar-refractivity contribution in [2.75, 3.05) is 13.1 Å². The molecule has 1 aliphatic heterocycles. The molecule has 0 saturated carbocycles. The van der Waals surface area contributed by atoms with Gasteiger partial charge in [-0.2, -0.15) is 0 Å². The molecule has 4 aromatic carbocycles. The fourth-order valence-electron chi connectivity index (χ4n) is 6.46. The highest BCUT2D eigenvalue weighted by atomic mass is 16.5. The first-order valence-electron chi connectivity index (χ1n) is 17.0. The van der Waals surface area contributed by atoms with E-state index in [2.05, 4.69) is 46.0 Å². The van der Waals surface area contributed by atoms with Crippen LogP contribution in [0.5, 0.6) is 5.75 Å². The van der Waals surface area contributed by atoms with Gasteiger partial charge in [0.1, 0.15) is 17.8 Å². The number of fused-ring (bicyclic) bond motifs is 1. The topological polar surface area (TPSA) is 172 Å². The van der Waals surface area contributed by atoms with Crippen molar-refractivity contribution in [1.29, 1.82) is 0 Å². The van der Waals surface area contributed by atoms with Crippen LogP contribution in [0, 0.1) is 0 Å². The quantitative estimate of drug-likeness (QED) is 0.0727. The number of carbonyl (C=O) groups is 3. The molecule has 0 radical (unpaired) electrons. The molecule has 7 N–H and O–H groups in total. The largest absolute Gasteiger partial charge is 0.508 e. The maximum atomic E-state index is 14.5. The van der Waals surface area contributed by atoms with Crippen LogP contribution in [0.3, 0.4) is 0 Å². The van der Waals surface area contributed by atoms with Crippen molar-refractivity contribution in [3.05, 3.63) is 114 Å². The van der Waals surface area contributed by atoms with Crippen LogP contribution in [0.2, 0.25) is 0 Å². The fourth-order valence-corrected chi connectivity index (χ4v) is 6.46. The number of hydrogen-bond donors (Lipinski definition) is 5. The number of aliphatic imine (C=N–C) groups is 1. The van der Waals surface area contributed by atoms with Crippen molar-refractivity contribution in [3.8, 4) is 5.75 Å². The minimum absolute atomic E-state index is 0.0209. The second-order valence-electron chi connectivity index (χ2n) is 12.8. The van der Waals surface area contributed by atoms with Crippen LogP contribution in [-0.4, -0.2) is 71.0 Å². The van der Waals surface area contributed by atoms with E-state index in [1.54, 1.807) is 12.1 Å². The zero-order chi connectivity index (χ0) is 35.5. The van der Waals surface area contributed by atoms with E-state index in [0.29, 0.717) is 39.0 Å². The number of carbonyl (C=O) groups excluding carboxylic acids is 3. The zero-order valence-electron chi connectivity index (χ0n) is 28.3. The van der Waals surface area contributed by atoms with Gasteiger partial charge in [0.25, 0.3) is 0 Å². The van der Waals surface area contributed by atoms with Crippen molar-refractivity contribution in [1.82, 2.24) is 15.5 Å². The van der Waals surface area contributed by atoms with Crippen molar-refractivity contribution in [2.45, 2.75) is 69.9 Å². The number of amides is 3. The molecule has 0 aromatic heterocycles. The van der Waals surface area contributed by atoms with Gasteiger partial charge in [-0.15, -0.1) is 0 Å². The molecule has 11 nitrogen and oxygen atoms in total. The van der Waals surface area contributed by atoms with Crippen LogP contribution in [0.4, 0.5) is 0 Å². The third-order valence-corrected chi connectivity index (χ3v) is 8.92. The number of ether oxygens (including phenoxy) is 1. The third kappa shape index (κ3) is 10.3. The molecule has 1 saturated heterocycles. The van der Waals surface area contributed by atoms with Gasteiger partial charge in [-0.1, -0.05) is 78.9 Å². The van der Waals surface area contributed by atoms with Crippen LogP contribution >= 0.6 is 0 Å². The number of guanidine groups is 1. The van der Waals surface area contributed by atoms with Crippen LogP contribution in [0.25, 0.3) is 10.8 Å². The van der Waals surface area contributed by atoms with Crippen molar-refractivity contribution < 1.29 is 24.2 Å². The molecule has 50 heavy (non-hydrogen) atoms. The lowest BCUT2D eigenvalue weighted by molar-refractivity contribution is -0.138. The molecule has 0 bridgehead atoms. The summed E-state index contributed by atoms with van der Waals surface area (Å²) >= 11 is 0. The van der Waals surface area contributed by atoms with Gasteiger partial charge in [0.2, 0.25) is 17.7 Å². The summed E-state index contributed by atoms with van der Waals surface area (Å²) in [6, 6.07) is 28.4. The molecular weight excluding hydrogens is 632 g/mol. The summed E-state index contributed by atoms with van der Waals surface area (Å²) in [4.78, 5) is 46.4. The monoisotopic (exact) mass is 678 g/mol. The van der Waals surface area contributed by atoms with E-state index in [0.717, 1.165) is 27.5 Å². The highest BCUT2D eigenvalue weighted by molar-refractivity contribution is 5.92. The molecule has 0 spiro atoms. The molecule has 4 atom stereocenters. The standard InChI is InChI=1S/C39H46N6O5/c1-26(46)43-35(21-28-14-17-33(47)18-15-28)37(48)44-36(22-27-8-3-2-4-9-27)38(49)45-24-34(23-32(45)12-7-19-42-39(40)41)50-25-29-13-16-30-10-5-6-11-31(30)20-29/h2-6,8-11,13-18,20,32,34-36,47H,7,12,19,21-25H2,1H3,(H,43,46)(H,44,48)(H4,40,41,42)/t32-,34-,35-,36+/m0/s1. The van der Waals surface area contributed by atoms with Crippen LogP contribution < -0.4 is 22.1 Å². The van der Waals surface area contributed by atoms with E-state index >= 15 is 0 Å². The Balaban J connectivity index is 1.35. The van der Waals surface area contributed by atoms with Crippen LogP contribution in [0.1, 0.15) is 42.9 Å². The minimum Gasteiger partial charge on any atom is -0.508 e. The van der Waals surface area contributed by atoms with Gasteiger partial charge in [0.05, 0.1) is 12.7 Å². The first-order chi connectivity index (χ1) is 24.1. The van der Waals surface area contributed by atoms with E-state index in [1.165, 1.54) is 19.1 Å². The molecule has 1 heterocycles.